The van der Waals surface area contributed by atoms with Gasteiger partial charge in [-0.2, -0.15) is 12.6 Å². The van der Waals surface area contributed by atoms with Gasteiger partial charge >= 0.3 is 0 Å². The summed E-state index contributed by atoms with van der Waals surface area (Å²) < 4.78 is 0. The quantitative estimate of drug-likeness (QED) is 0.674. The van der Waals surface area contributed by atoms with Crippen LogP contribution in [-0.4, -0.2) is 36.2 Å². The van der Waals surface area contributed by atoms with E-state index in [-0.39, 0.29) is 5.91 Å². The van der Waals surface area contributed by atoms with Crippen LogP contribution in [-0.2, 0) is 4.79 Å². The molecule has 0 aromatic heterocycles. The van der Waals surface area contributed by atoms with Gasteiger partial charge in [-0.25, -0.2) is 0 Å². The molecule has 0 aliphatic carbocycles. The van der Waals surface area contributed by atoms with Gasteiger partial charge in [-0.3, -0.25) is 4.79 Å². The molecule has 0 radical (unpaired) electrons. The molecular formula is C10H20N2OS. The predicted octanol–water partition coefficient (Wildman–Crippen LogP) is 0.894. The van der Waals surface area contributed by atoms with Gasteiger partial charge in [0.05, 0.1) is 5.75 Å². The number of amides is 1. The van der Waals surface area contributed by atoms with Crippen LogP contribution in [0.2, 0.25) is 0 Å². The third kappa shape index (κ3) is 3.50. The van der Waals surface area contributed by atoms with E-state index < -0.39 is 0 Å². The van der Waals surface area contributed by atoms with E-state index in [1.807, 2.05) is 4.90 Å². The van der Waals surface area contributed by atoms with Gasteiger partial charge in [0.1, 0.15) is 0 Å². The van der Waals surface area contributed by atoms with Crippen LogP contribution in [0.1, 0.15) is 25.7 Å². The monoisotopic (exact) mass is 216 g/mol. The molecule has 1 heterocycles. The molecule has 0 aromatic carbocycles. The lowest BCUT2D eigenvalue weighted by molar-refractivity contribution is -0.128. The zero-order valence-corrected chi connectivity index (χ0v) is 9.51. The maximum atomic E-state index is 11.4. The van der Waals surface area contributed by atoms with Crippen LogP contribution < -0.4 is 5.73 Å². The lowest BCUT2D eigenvalue weighted by atomic mass is 9.96. The lowest BCUT2D eigenvalue weighted by Gasteiger charge is -2.27. The summed E-state index contributed by atoms with van der Waals surface area (Å²) in [5, 5.41) is 0. The van der Waals surface area contributed by atoms with E-state index in [0.29, 0.717) is 11.7 Å². The molecule has 0 saturated carbocycles. The topological polar surface area (TPSA) is 46.3 Å². The summed E-state index contributed by atoms with van der Waals surface area (Å²) in [6.45, 7) is 2.56. The molecule has 0 bridgehead atoms. The van der Waals surface area contributed by atoms with Crippen molar-refractivity contribution in [2.45, 2.75) is 25.7 Å². The predicted molar refractivity (Wildman–Crippen MR) is 61.4 cm³/mol. The Kier molecular flexibility index (Phi) is 5.33. The van der Waals surface area contributed by atoms with Crippen molar-refractivity contribution < 1.29 is 4.79 Å². The highest BCUT2D eigenvalue weighted by molar-refractivity contribution is 7.81. The first-order valence-electron chi connectivity index (χ1n) is 5.36. The summed E-state index contributed by atoms with van der Waals surface area (Å²) >= 11 is 4.01. The first kappa shape index (κ1) is 11.9. The molecule has 14 heavy (non-hydrogen) atoms. The molecule has 0 spiro atoms. The highest BCUT2D eigenvalue weighted by atomic mass is 32.1. The van der Waals surface area contributed by atoms with Crippen LogP contribution in [0.4, 0.5) is 0 Å². The zero-order chi connectivity index (χ0) is 10.4. The average Bonchev–Trinajstić information content (AvgIpc) is 2.17. The number of carbonyl (C=O) groups excluding carboxylic acids is 1. The van der Waals surface area contributed by atoms with Gasteiger partial charge in [0.15, 0.2) is 0 Å². The SMILES string of the molecule is NCC1CCCN(C(=O)CS)CCC1. The van der Waals surface area contributed by atoms with E-state index >= 15 is 0 Å². The summed E-state index contributed by atoms with van der Waals surface area (Å²) in [5.74, 6) is 1.17. The van der Waals surface area contributed by atoms with Gasteiger partial charge in [-0.1, -0.05) is 0 Å². The first-order chi connectivity index (χ1) is 6.77. The van der Waals surface area contributed by atoms with Crippen LogP contribution in [0.3, 0.4) is 0 Å². The first-order valence-corrected chi connectivity index (χ1v) is 6.00. The number of rotatable bonds is 2. The van der Waals surface area contributed by atoms with Crippen LogP contribution >= 0.6 is 12.6 Å². The molecule has 1 aliphatic rings. The van der Waals surface area contributed by atoms with Gasteiger partial charge in [-0.05, 0) is 38.1 Å². The van der Waals surface area contributed by atoms with E-state index in [4.69, 9.17) is 5.73 Å². The number of likely N-dealkylation sites (tertiary alicyclic amines) is 1. The molecular weight excluding hydrogens is 196 g/mol. The largest absolute Gasteiger partial charge is 0.342 e. The maximum absolute atomic E-state index is 11.4. The molecule has 1 rings (SSSR count). The number of thiol groups is 1. The molecule has 1 saturated heterocycles. The third-order valence-corrected chi connectivity index (χ3v) is 3.17. The van der Waals surface area contributed by atoms with Crippen molar-refractivity contribution in [2.24, 2.45) is 11.7 Å². The summed E-state index contributed by atoms with van der Waals surface area (Å²) in [6.07, 6.45) is 4.49. The normalized spacial score (nSPS) is 20.3. The summed E-state index contributed by atoms with van der Waals surface area (Å²) in [5.41, 5.74) is 5.65. The molecule has 3 nitrogen and oxygen atoms in total. The summed E-state index contributed by atoms with van der Waals surface area (Å²) in [7, 11) is 0. The second kappa shape index (κ2) is 6.30. The molecule has 0 unspecified atom stereocenters. The summed E-state index contributed by atoms with van der Waals surface area (Å²) in [6, 6.07) is 0. The van der Waals surface area contributed by atoms with Crippen molar-refractivity contribution in [3.05, 3.63) is 0 Å². The van der Waals surface area contributed by atoms with Crippen molar-refractivity contribution in [1.29, 1.82) is 0 Å². The standard InChI is InChI=1S/C10H20N2OS/c11-7-9-3-1-5-12(6-2-4-9)10(13)8-14/h9,14H,1-8,11H2. The van der Waals surface area contributed by atoms with Crippen molar-refractivity contribution >= 4 is 18.5 Å². The molecule has 1 aliphatic heterocycles. The Hall–Kier alpha value is -0.220. The van der Waals surface area contributed by atoms with Gasteiger partial charge < -0.3 is 10.6 Å². The Morgan fingerprint density at radius 2 is 1.93 bits per heavy atom. The number of carbonyl (C=O) groups is 1. The Labute approximate surface area is 91.4 Å². The Morgan fingerprint density at radius 3 is 2.36 bits per heavy atom. The Morgan fingerprint density at radius 1 is 1.36 bits per heavy atom. The van der Waals surface area contributed by atoms with Crippen LogP contribution in [0.5, 0.6) is 0 Å². The van der Waals surface area contributed by atoms with Crippen molar-refractivity contribution in [1.82, 2.24) is 4.90 Å². The Balaban J connectivity index is 2.36. The van der Waals surface area contributed by atoms with E-state index in [1.54, 1.807) is 0 Å². The van der Waals surface area contributed by atoms with E-state index in [1.165, 1.54) is 0 Å². The number of hydrogen-bond acceptors (Lipinski definition) is 3. The fourth-order valence-corrected chi connectivity index (χ4v) is 2.18. The van der Waals surface area contributed by atoms with E-state index in [9.17, 15) is 4.79 Å². The highest BCUT2D eigenvalue weighted by Gasteiger charge is 2.16. The zero-order valence-electron chi connectivity index (χ0n) is 8.61. The van der Waals surface area contributed by atoms with Crippen LogP contribution in [0.25, 0.3) is 0 Å². The fraction of sp³-hybridized carbons (Fsp3) is 0.900. The average molecular weight is 216 g/mol. The Bertz CT molecular complexity index is 177. The van der Waals surface area contributed by atoms with E-state index in [0.717, 1.165) is 45.3 Å². The lowest BCUT2D eigenvalue weighted by Crippen LogP contribution is -2.36. The molecule has 4 heteroatoms. The van der Waals surface area contributed by atoms with Crippen LogP contribution in [0.15, 0.2) is 0 Å². The molecule has 0 atom stereocenters. The molecule has 1 fully saturated rings. The van der Waals surface area contributed by atoms with Gasteiger partial charge in [0.2, 0.25) is 5.91 Å². The smallest absolute Gasteiger partial charge is 0.232 e. The second-order valence-corrected chi connectivity index (χ2v) is 4.24. The van der Waals surface area contributed by atoms with Crippen molar-refractivity contribution in [3.63, 3.8) is 0 Å². The number of hydrogen-bond donors (Lipinski definition) is 2. The summed E-state index contributed by atoms with van der Waals surface area (Å²) in [4.78, 5) is 13.3. The van der Waals surface area contributed by atoms with Crippen molar-refractivity contribution in [2.75, 3.05) is 25.4 Å². The van der Waals surface area contributed by atoms with Crippen molar-refractivity contribution in [3.8, 4) is 0 Å². The molecule has 1 amide bonds. The van der Waals surface area contributed by atoms with Gasteiger partial charge in [-0.15, -0.1) is 0 Å². The van der Waals surface area contributed by atoms with Gasteiger partial charge in [0.25, 0.3) is 0 Å². The highest BCUT2D eigenvalue weighted by Crippen LogP contribution is 2.16. The fourth-order valence-electron chi connectivity index (χ4n) is 1.98. The minimum absolute atomic E-state index is 0.166. The van der Waals surface area contributed by atoms with Gasteiger partial charge in [0, 0.05) is 13.1 Å². The van der Waals surface area contributed by atoms with E-state index in [2.05, 4.69) is 12.6 Å². The second-order valence-electron chi connectivity index (χ2n) is 3.93. The third-order valence-electron chi connectivity index (χ3n) is 2.90. The van der Waals surface area contributed by atoms with Crippen LogP contribution in [0, 0.1) is 5.92 Å². The minimum atomic E-state index is 0.166. The number of nitrogens with zero attached hydrogens (tertiary/aromatic N) is 1. The molecule has 0 aromatic rings. The molecule has 2 N–H and O–H groups in total. The molecule has 82 valence electrons. The number of nitrogens with two attached hydrogens (primary N) is 1. The maximum Gasteiger partial charge on any atom is 0.232 e. The minimum Gasteiger partial charge on any atom is -0.342 e.